The maximum atomic E-state index is 5.88. The average molecular weight is 365 g/mol. The molecule has 1 unspecified atom stereocenters. The summed E-state index contributed by atoms with van der Waals surface area (Å²) in [4.78, 5) is 4.35. The number of hydrogen-bond donors (Lipinski definition) is 2. The number of ether oxygens (including phenoxy) is 2. The van der Waals surface area contributed by atoms with Crippen molar-refractivity contribution in [2.24, 2.45) is 4.99 Å². The minimum atomic E-state index is 0.246. The summed E-state index contributed by atoms with van der Waals surface area (Å²) in [6.45, 7) is 3.27. The predicted molar refractivity (Wildman–Crippen MR) is 109 cm³/mol. The van der Waals surface area contributed by atoms with Crippen molar-refractivity contribution in [2.75, 3.05) is 31.6 Å². The lowest BCUT2D eigenvalue weighted by Gasteiger charge is -2.22. The first-order valence-electron chi connectivity index (χ1n) is 9.83. The summed E-state index contributed by atoms with van der Waals surface area (Å²) < 4.78 is 11.6. The van der Waals surface area contributed by atoms with Gasteiger partial charge >= 0.3 is 0 Å². The van der Waals surface area contributed by atoms with Gasteiger partial charge in [0.2, 0.25) is 0 Å². The number of hydrogen-bond acceptors (Lipinski definition) is 5. The first-order chi connectivity index (χ1) is 13.3. The Morgan fingerprint density at radius 3 is 2.48 bits per heavy atom. The van der Waals surface area contributed by atoms with Gasteiger partial charge in [0.1, 0.15) is 12.4 Å². The van der Waals surface area contributed by atoms with Crippen molar-refractivity contribution in [3.63, 3.8) is 0 Å². The molecule has 0 aliphatic carbocycles. The minimum absolute atomic E-state index is 0.246. The van der Waals surface area contributed by atoms with Gasteiger partial charge in [-0.2, -0.15) is 0 Å². The third kappa shape index (κ3) is 5.23. The van der Waals surface area contributed by atoms with E-state index in [1.54, 1.807) is 0 Å². The van der Waals surface area contributed by atoms with Crippen molar-refractivity contribution >= 4 is 11.6 Å². The summed E-state index contributed by atoms with van der Waals surface area (Å²) in [5.74, 6) is 1.77. The molecule has 5 heteroatoms. The van der Waals surface area contributed by atoms with Crippen molar-refractivity contribution in [3.05, 3.63) is 59.7 Å². The number of guanidine groups is 1. The van der Waals surface area contributed by atoms with E-state index in [2.05, 4.69) is 64.2 Å². The van der Waals surface area contributed by atoms with Crippen LogP contribution in [0.25, 0.3) is 0 Å². The lowest BCUT2D eigenvalue weighted by atomic mass is 10.0. The molecular formula is C22H27N3O2. The van der Waals surface area contributed by atoms with Crippen LogP contribution in [0.15, 0.2) is 53.5 Å². The normalized spacial score (nSPS) is 19.3. The molecule has 2 aliphatic heterocycles. The number of benzene rings is 2. The maximum Gasteiger partial charge on any atom is 0.195 e. The highest BCUT2D eigenvalue weighted by Gasteiger charge is 2.14. The zero-order valence-corrected chi connectivity index (χ0v) is 15.6. The molecule has 2 aliphatic rings. The van der Waals surface area contributed by atoms with E-state index in [9.17, 15) is 0 Å². The summed E-state index contributed by atoms with van der Waals surface area (Å²) in [5, 5.41) is 6.51. The SMILES string of the molecule is c1cc(NC2=NCCN2)ccc1Cc1ccc(OCC2CCCCO2)cc1. The van der Waals surface area contributed by atoms with Gasteiger partial charge in [0.25, 0.3) is 0 Å². The Morgan fingerprint density at radius 2 is 1.81 bits per heavy atom. The van der Waals surface area contributed by atoms with Gasteiger partial charge in [0.05, 0.1) is 12.6 Å². The third-order valence-electron chi connectivity index (χ3n) is 4.93. The standard InChI is InChI=1S/C22H27N3O2/c1-2-14-26-21(3-1)16-27-20-10-6-18(7-11-20)15-17-4-8-19(9-5-17)25-22-23-12-13-24-22/h4-11,21H,1-3,12-16H2,(H2,23,24,25). The summed E-state index contributed by atoms with van der Waals surface area (Å²) in [7, 11) is 0. The second-order valence-electron chi connectivity index (χ2n) is 7.10. The van der Waals surface area contributed by atoms with Crippen molar-refractivity contribution in [1.82, 2.24) is 5.32 Å². The third-order valence-corrected chi connectivity index (χ3v) is 4.93. The van der Waals surface area contributed by atoms with Crippen LogP contribution in [-0.4, -0.2) is 38.4 Å². The number of anilines is 1. The molecule has 1 saturated heterocycles. The van der Waals surface area contributed by atoms with Gasteiger partial charge in [-0.25, -0.2) is 0 Å². The Bertz CT molecular complexity index is 750. The molecule has 142 valence electrons. The van der Waals surface area contributed by atoms with Gasteiger partial charge in [-0.1, -0.05) is 24.3 Å². The highest BCUT2D eigenvalue weighted by Crippen LogP contribution is 2.19. The monoisotopic (exact) mass is 365 g/mol. The maximum absolute atomic E-state index is 5.88. The van der Waals surface area contributed by atoms with Crippen LogP contribution in [0, 0.1) is 0 Å². The predicted octanol–water partition coefficient (Wildman–Crippen LogP) is 3.60. The van der Waals surface area contributed by atoms with Crippen LogP contribution >= 0.6 is 0 Å². The molecule has 0 saturated carbocycles. The van der Waals surface area contributed by atoms with Crippen LogP contribution in [0.4, 0.5) is 5.69 Å². The van der Waals surface area contributed by atoms with E-state index >= 15 is 0 Å². The smallest absolute Gasteiger partial charge is 0.195 e. The van der Waals surface area contributed by atoms with Crippen LogP contribution < -0.4 is 15.4 Å². The molecule has 27 heavy (non-hydrogen) atoms. The summed E-state index contributed by atoms with van der Waals surface area (Å²) >= 11 is 0. The molecule has 1 fully saturated rings. The zero-order valence-electron chi connectivity index (χ0n) is 15.6. The second-order valence-corrected chi connectivity index (χ2v) is 7.10. The van der Waals surface area contributed by atoms with Crippen LogP contribution in [0.3, 0.4) is 0 Å². The Hall–Kier alpha value is -2.53. The van der Waals surface area contributed by atoms with Crippen molar-refractivity contribution in [2.45, 2.75) is 31.8 Å². The Labute approximate surface area is 160 Å². The molecule has 0 radical (unpaired) electrons. The number of nitrogens with zero attached hydrogens (tertiary/aromatic N) is 1. The quantitative estimate of drug-likeness (QED) is 0.821. The number of nitrogens with one attached hydrogen (secondary N) is 2. The van der Waals surface area contributed by atoms with Crippen molar-refractivity contribution in [3.8, 4) is 5.75 Å². The van der Waals surface area contributed by atoms with Gasteiger partial charge in [-0.05, 0) is 61.1 Å². The summed E-state index contributed by atoms with van der Waals surface area (Å²) in [5.41, 5.74) is 3.62. The highest BCUT2D eigenvalue weighted by atomic mass is 16.5. The zero-order chi connectivity index (χ0) is 18.3. The molecule has 2 aromatic carbocycles. The van der Waals surface area contributed by atoms with Gasteiger partial charge in [0, 0.05) is 18.8 Å². The number of rotatable bonds is 6. The summed E-state index contributed by atoms with van der Waals surface area (Å²) in [6.07, 6.45) is 4.67. The van der Waals surface area contributed by atoms with E-state index in [0.29, 0.717) is 6.61 Å². The second kappa shape index (κ2) is 8.91. The van der Waals surface area contributed by atoms with Gasteiger partial charge in [-0.3, -0.25) is 4.99 Å². The Morgan fingerprint density at radius 1 is 1.04 bits per heavy atom. The molecular weight excluding hydrogens is 338 g/mol. The average Bonchev–Trinajstić information content (AvgIpc) is 3.23. The Kier molecular flexibility index (Phi) is 5.89. The highest BCUT2D eigenvalue weighted by molar-refractivity contribution is 5.94. The fourth-order valence-corrected chi connectivity index (χ4v) is 3.39. The molecule has 0 aromatic heterocycles. The first-order valence-corrected chi connectivity index (χ1v) is 9.83. The van der Waals surface area contributed by atoms with Crippen molar-refractivity contribution < 1.29 is 9.47 Å². The lowest BCUT2D eigenvalue weighted by Crippen LogP contribution is -2.26. The molecule has 5 nitrogen and oxygen atoms in total. The van der Waals surface area contributed by atoms with Crippen LogP contribution in [-0.2, 0) is 11.2 Å². The van der Waals surface area contributed by atoms with E-state index in [4.69, 9.17) is 9.47 Å². The fourth-order valence-electron chi connectivity index (χ4n) is 3.39. The van der Waals surface area contributed by atoms with Crippen molar-refractivity contribution in [1.29, 1.82) is 0 Å². The van der Waals surface area contributed by atoms with Gasteiger partial charge in [0.15, 0.2) is 5.96 Å². The first kappa shape index (κ1) is 17.9. The molecule has 1 atom stereocenters. The van der Waals surface area contributed by atoms with Crippen LogP contribution in [0.2, 0.25) is 0 Å². The van der Waals surface area contributed by atoms with E-state index in [0.717, 1.165) is 49.9 Å². The topological polar surface area (TPSA) is 54.9 Å². The van der Waals surface area contributed by atoms with Gasteiger partial charge < -0.3 is 20.1 Å². The fraction of sp³-hybridized carbons (Fsp3) is 0.409. The molecule has 0 amide bonds. The largest absolute Gasteiger partial charge is 0.491 e. The van der Waals surface area contributed by atoms with E-state index in [1.807, 2.05) is 0 Å². The van der Waals surface area contributed by atoms with Crippen LogP contribution in [0.1, 0.15) is 30.4 Å². The van der Waals surface area contributed by atoms with Crippen LogP contribution in [0.5, 0.6) is 5.75 Å². The molecule has 2 heterocycles. The van der Waals surface area contributed by atoms with E-state index in [1.165, 1.54) is 24.0 Å². The minimum Gasteiger partial charge on any atom is -0.491 e. The molecule has 2 N–H and O–H groups in total. The Balaban J connectivity index is 1.27. The molecule has 2 aromatic rings. The lowest BCUT2D eigenvalue weighted by molar-refractivity contribution is -0.0110. The molecule has 0 spiro atoms. The van der Waals surface area contributed by atoms with E-state index in [-0.39, 0.29) is 6.10 Å². The summed E-state index contributed by atoms with van der Waals surface area (Å²) in [6, 6.07) is 16.9. The number of aliphatic imine (C=N–C) groups is 1. The van der Waals surface area contributed by atoms with E-state index < -0.39 is 0 Å². The molecule has 0 bridgehead atoms. The van der Waals surface area contributed by atoms with Gasteiger partial charge in [-0.15, -0.1) is 0 Å². The molecule has 4 rings (SSSR count).